The van der Waals surface area contributed by atoms with Crippen LogP contribution in [0.25, 0.3) is 0 Å². The van der Waals surface area contributed by atoms with Gasteiger partial charge in [0, 0.05) is 31.9 Å². The molecule has 1 fully saturated rings. The zero-order chi connectivity index (χ0) is 17.6. The van der Waals surface area contributed by atoms with Crippen LogP contribution in [0.5, 0.6) is 5.88 Å². The molecule has 2 heterocycles. The van der Waals surface area contributed by atoms with E-state index in [1.54, 1.807) is 6.07 Å². The largest absolute Gasteiger partial charge is 0.468 e. The maximum Gasteiger partial charge on any atom is 0.422 e. The Hall–Kier alpha value is -2.03. The number of aliphatic hydroxyl groups excluding tert-OH is 1. The molecule has 9 heteroatoms. The summed E-state index contributed by atoms with van der Waals surface area (Å²) in [5.41, 5.74) is 0.692. The monoisotopic (exact) mass is 346 g/mol. The van der Waals surface area contributed by atoms with Gasteiger partial charge < -0.3 is 20.1 Å². The third-order valence-corrected chi connectivity index (χ3v) is 3.39. The summed E-state index contributed by atoms with van der Waals surface area (Å²) in [5, 5.41) is 12.8. The molecule has 0 aromatic carbocycles. The van der Waals surface area contributed by atoms with Crippen LogP contribution in [0, 0.1) is 0 Å². The first kappa shape index (κ1) is 18.3. The standard InChI is InChI=1S/C15H21F3N4O2/c1-2-19-14(22-6-4-12(23)9-22)21-8-11-3-5-20-13(7-11)24-10-15(16,17)18/h3,5,7,12,23H,2,4,6,8-10H2,1H3,(H,19,21)/t12-/m1/s1. The highest BCUT2D eigenvalue weighted by Crippen LogP contribution is 2.18. The van der Waals surface area contributed by atoms with Gasteiger partial charge in [0.05, 0.1) is 12.6 Å². The predicted molar refractivity (Wildman–Crippen MR) is 82.8 cm³/mol. The minimum atomic E-state index is -4.40. The van der Waals surface area contributed by atoms with E-state index in [1.807, 2.05) is 11.8 Å². The molecule has 6 nitrogen and oxygen atoms in total. The summed E-state index contributed by atoms with van der Waals surface area (Å²) in [5.74, 6) is 0.588. The number of aliphatic imine (C=N–C) groups is 1. The number of alkyl halides is 3. The fourth-order valence-electron chi connectivity index (χ4n) is 2.31. The van der Waals surface area contributed by atoms with E-state index >= 15 is 0 Å². The molecular formula is C15H21F3N4O2. The fourth-order valence-corrected chi connectivity index (χ4v) is 2.31. The van der Waals surface area contributed by atoms with Crippen LogP contribution in [-0.2, 0) is 6.54 Å². The SMILES string of the molecule is CCNC(=NCc1ccnc(OCC(F)(F)F)c1)N1CC[C@@H](O)C1. The Balaban J connectivity index is 2.00. The van der Waals surface area contributed by atoms with Crippen LogP contribution in [-0.4, -0.2) is 59.5 Å². The molecule has 0 radical (unpaired) electrons. The minimum Gasteiger partial charge on any atom is -0.468 e. The van der Waals surface area contributed by atoms with Crippen molar-refractivity contribution in [2.45, 2.75) is 32.2 Å². The van der Waals surface area contributed by atoms with Crippen LogP contribution in [0.2, 0.25) is 0 Å². The molecule has 1 aliphatic rings. The number of likely N-dealkylation sites (tertiary alicyclic amines) is 1. The number of β-amino-alcohol motifs (C(OH)–C–C–N with tert-alkyl or cyclic N) is 1. The Labute approximate surface area is 138 Å². The van der Waals surface area contributed by atoms with Crippen molar-refractivity contribution >= 4 is 5.96 Å². The van der Waals surface area contributed by atoms with E-state index < -0.39 is 12.8 Å². The number of guanidine groups is 1. The molecule has 134 valence electrons. The van der Waals surface area contributed by atoms with Crippen LogP contribution < -0.4 is 10.1 Å². The van der Waals surface area contributed by atoms with E-state index in [9.17, 15) is 18.3 Å². The van der Waals surface area contributed by atoms with Crippen LogP contribution in [0.1, 0.15) is 18.9 Å². The van der Waals surface area contributed by atoms with Crippen LogP contribution in [0.3, 0.4) is 0 Å². The van der Waals surface area contributed by atoms with Gasteiger partial charge in [-0.15, -0.1) is 0 Å². The average molecular weight is 346 g/mol. The molecule has 1 aromatic rings. The second-order valence-corrected chi connectivity index (χ2v) is 5.46. The summed E-state index contributed by atoms with van der Waals surface area (Å²) in [6.07, 6.45) is -2.68. The Morgan fingerprint density at radius 3 is 2.96 bits per heavy atom. The third kappa shape index (κ3) is 5.88. The van der Waals surface area contributed by atoms with E-state index in [1.165, 1.54) is 12.3 Å². The van der Waals surface area contributed by atoms with Crippen molar-refractivity contribution in [2.24, 2.45) is 4.99 Å². The first-order chi connectivity index (χ1) is 11.4. The summed E-state index contributed by atoms with van der Waals surface area (Å²) < 4.78 is 41.2. The Bertz CT molecular complexity index is 566. The topological polar surface area (TPSA) is 70.0 Å². The molecule has 1 aromatic heterocycles. The molecule has 0 aliphatic carbocycles. The van der Waals surface area contributed by atoms with Crippen LogP contribution in [0.15, 0.2) is 23.3 Å². The van der Waals surface area contributed by atoms with Gasteiger partial charge in [0.15, 0.2) is 12.6 Å². The number of rotatable bonds is 5. The highest BCUT2D eigenvalue weighted by atomic mass is 19.4. The van der Waals surface area contributed by atoms with Crippen molar-refractivity contribution in [3.63, 3.8) is 0 Å². The lowest BCUT2D eigenvalue weighted by Crippen LogP contribution is -2.40. The number of halogens is 3. The van der Waals surface area contributed by atoms with Gasteiger partial charge in [-0.3, -0.25) is 0 Å². The second-order valence-electron chi connectivity index (χ2n) is 5.46. The van der Waals surface area contributed by atoms with E-state index in [-0.39, 0.29) is 18.5 Å². The van der Waals surface area contributed by atoms with Crippen molar-refractivity contribution in [3.05, 3.63) is 23.9 Å². The lowest BCUT2D eigenvalue weighted by Gasteiger charge is -2.20. The number of pyridine rings is 1. The molecule has 2 N–H and O–H groups in total. The molecule has 1 saturated heterocycles. The number of ether oxygens (including phenoxy) is 1. The number of aliphatic hydroxyl groups is 1. The molecule has 24 heavy (non-hydrogen) atoms. The summed E-state index contributed by atoms with van der Waals surface area (Å²) in [6.45, 7) is 2.76. The maximum absolute atomic E-state index is 12.2. The molecule has 1 atom stereocenters. The highest BCUT2D eigenvalue weighted by molar-refractivity contribution is 5.80. The van der Waals surface area contributed by atoms with Gasteiger partial charge in [0.1, 0.15) is 0 Å². The van der Waals surface area contributed by atoms with E-state index in [4.69, 9.17) is 0 Å². The molecule has 0 unspecified atom stereocenters. The van der Waals surface area contributed by atoms with Crippen molar-refractivity contribution in [1.29, 1.82) is 0 Å². The van der Waals surface area contributed by atoms with E-state index in [0.29, 0.717) is 37.6 Å². The quantitative estimate of drug-likeness (QED) is 0.625. The summed E-state index contributed by atoms with van der Waals surface area (Å²) >= 11 is 0. The fraction of sp³-hybridized carbons (Fsp3) is 0.600. The molecule has 0 amide bonds. The van der Waals surface area contributed by atoms with Gasteiger partial charge in [0.25, 0.3) is 0 Å². The van der Waals surface area contributed by atoms with Crippen molar-refractivity contribution in [2.75, 3.05) is 26.2 Å². The van der Waals surface area contributed by atoms with Crippen LogP contribution in [0.4, 0.5) is 13.2 Å². The van der Waals surface area contributed by atoms with E-state index in [0.717, 1.165) is 0 Å². The Morgan fingerprint density at radius 1 is 1.54 bits per heavy atom. The number of hydrogen-bond donors (Lipinski definition) is 2. The predicted octanol–water partition coefficient (Wildman–Crippen LogP) is 1.55. The maximum atomic E-state index is 12.2. The lowest BCUT2D eigenvalue weighted by molar-refractivity contribution is -0.154. The summed E-state index contributed by atoms with van der Waals surface area (Å²) in [6, 6.07) is 3.12. The van der Waals surface area contributed by atoms with Crippen molar-refractivity contribution in [1.82, 2.24) is 15.2 Å². The van der Waals surface area contributed by atoms with Gasteiger partial charge in [-0.2, -0.15) is 13.2 Å². The minimum absolute atomic E-state index is 0.0818. The molecular weight excluding hydrogens is 325 g/mol. The number of nitrogens with zero attached hydrogens (tertiary/aromatic N) is 3. The number of nitrogens with one attached hydrogen (secondary N) is 1. The normalized spacial score (nSPS) is 18.8. The van der Waals surface area contributed by atoms with Crippen LogP contribution >= 0.6 is 0 Å². The second kappa shape index (κ2) is 8.18. The van der Waals surface area contributed by atoms with Crippen molar-refractivity contribution < 1.29 is 23.0 Å². The first-order valence-corrected chi connectivity index (χ1v) is 7.73. The zero-order valence-corrected chi connectivity index (χ0v) is 13.4. The van der Waals surface area contributed by atoms with Gasteiger partial charge >= 0.3 is 6.18 Å². The number of hydrogen-bond acceptors (Lipinski definition) is 4. The van der Waals surface area contributed by atoms with Gasteiger partial charge in [-0.1, -0.05) is 0 Å². The molecule has 0 spiro atoms. The Morgan fingerprint density at radius 2 is 2.33 bits per heavy atom. The average Bonchev–Trinajstić information content (AvgIpc) is 2.95. The zero-order valence-electron chi connectivity index (χ0n) is 13.4. The molecule has 2 rings (SSSR count). The molecule has 0 saturated carbocycles. The van der Waals surface area contributed by atoms with Gasteiger partial charge in [0.2, 0.25) is 5.88 Å². The molecule has 1 aliphatic heterocycles. The lowest BCUT2D eigenvalue weighted by atomic mass is 10.3. The number of aromatic nitrogens is 1. The highest BCUT2D eigenvalue weighted by Gasteiger charge is 2.28. The van der Waals surface area contributed by atoms with Gasteiger partial charge in [-0.05, 0) is 25.0 Å². The summed E-state index contributed by atoms with van der Waals surface area (Å²) in [4.78, 5) is 10.2. The third-order valence-electron chi connectivity index (χ3n) is 3.39. The van der Waals surface area contributed by atoms with E-state index in [2.05, 4.69) is 20.0 Å². The van der Waals surface area contributed by atoms with Gasteiger partial charge in [-0.25, -0.2) is 9.98 Å². The molecule has 0 bridgehead atoms. The summed E-state index contributed by atoms with van der Waals surface area (Å²) in [7, 11) is 0. The first-order valence-electron chi connectivity index (χ1n) is 7.73. The smallest absolute Gasteiger partial charge is 0.422 e. The Kier molecular flexibility index (Phi) is 6.24. The van der Waals surface area contributed by atoms with Crippen molar-refractivity contribution in [3.8, 4) is 5.88 Å².